The number of benzene rings is 1. The van der Waals surface area contributed by atoms with Gasteiger partial charge in [-0.3, -0.25) is 0 Å². The fourth-order valence-electron chi connectivity index (χ4n) is 3.09. The Labute approximate surface area is 125 Å². The minimum Gasteiger partial charge on any atom is -0.508 e. The largest absolute Gasteiger partial charge is 0.508 e. The Kier molecular flexibility index (Phi) is 3.95. The number of aryl methyl sites for hydroxylation is 1. The van der Waals surface area contributed by atoms with E-state index in [0.29, 0.717) is 11.8 Å². The lowest BCUT2D eigenvalue weighted by Crippen LogP contribution is -2.13. The third-order valence-corrected chi connectivity index (χ3v) is 4.69. The zero-order valence-electron chi connectivity index (χ0n) is 12.7. The van der Waals surface area contributed by atoms with E-state index in [1.165, 1.54) is 19.3 Å². The van der Waals surface area contributed by atoms with Gasteiger partial charge in [-0.05, 0) is 56.2 Å². The van der Waals surface area contributed by atoms with E-state index in [1.807, 2.05) is 19.1 Å². The third-order valence-electron chi connectivity index (χ3n) is 4.69. The highest BCUT2D eigenvalue weighted by Crippen LogP contribution is 2.36. The van der Waals surface area contributed by atoms with Gasteiger partial charge in [-0.15, -0.1) is 0 Å². The number of hydrogen-bond acceptors (Lipinski definition) is 4. The second-order valence-corrected chi connectivity index (χ2v) is 6.08. The van der Waals surface area contributed by atoms with Gasteiger partial charge in [-0.25, -0.2) is 0 Å². The Hall–Kier alpha value is -1.84. The van der Waals surface area contributed by atoms with Gasteiger partial charge in [-0.1, -0.05) is 24.6 Å². The summed E-state index contributed by atoms with van der Waals surface area (Å²) >= 11 is 0. The van der Waals surface area contributed by atoms with Crippen molar-refractivity contribution in [1.29, 1.82) is 0 Å². The Balaban J connectivity index is 1.76. The van der Waals surface area contributed by atoms with Crippen LogP contribution in [-0.4, -0.2) is 15.2 Å². The molecule has 0 unspecified atom stereocenters. The Morgan fingerprint density at radius 2 is 2.00 bits per heavy atom. The standard InChI is InChI=1S/C17H22N2O2/c1-3-12-5-8-13(9-6-12)16-18-17(21-19-16)14-7-4-11(2)15(20)10-14/h4,7,10,12-13,20H,3,5-6,8-9H2,1-2H3. The van der Waals surface area contributed by atoms with Crippen molar-refractivity contribution in [2.24, 2.45) is 5.92 Å². The van der Waals surface area contributed by atoms with E-state index in [1.54, 1.807) is 6.07 Å². The predicted molar refractivity (Wildman–Crippen MR) is 81.1 cm³/mol. The van der Waals surface area contributed by atoms with Crippen LogP contribution in [0.2, 0.25) is 0 Å². The molecule has 0 saturated heterocycles. The van der Waals surface area contributed by atoms with Crippen LogP contribution in [0, 0.1) is 12.8 Å². The predicted octanol–water partition coefficient (Wildman–Crippen LogP) is 4.43. The summed E-state index contributed by atoms with van der Waals surface area (Å²) in [4.78, 5) is 4.54. The van der Waals surface area contributed by atoms with Gasteiger partial charge in [0.2, 0.25) is 0 Å². The number of aromatic nitrogens is 2. The highest BCUT2D eigenvalue weighted by molar-refractivity contribution is 5.57. The van der Waals surface area contributed by atoms with Gasteiger partial charge in [0.05, 0.1) is 0 Å². The summed E-state index contributed by atoms with van der Waals surface area (Å²) in [5, 5.41) is 13.9. The lowest BCUT2D eigenvalue weighted by atomic mass is 9.80. The maximum atomic E-state index is 9.78. The molecule has 1 aliphatic rings. The average Bonchev–Trinajstić information content (AvgIpc) is 3.00. The van der Waals surface area contributed by atoms with Crippen molar-refractivity contribution in [3.8, 4) is 17.2 Å². The normalized spacial score (nSPS) is 22.4. The molecule has 1 aromatic carbocycles. The van der Waals surface area contributed by atoms with Crippen LogP contribution in [0.25, 0.3) is 11.5 Å². The van der Waals surface area contributed by atoms with Gasteiger partial charge >= 0.3 is 0 Å². The molecule has 0 radical (unpaired) electrons. The molecular weight excluding hydrogens is 264 g/mol. The quantitative estimate of drug-likeness (QED) is 0.906. The molecule has 0 aliphatic heterocycles. The molecular formula is C17H22N2O2. The maximum absolute atomic E-state index is 9.78. The highest BCUT2D eigenvalue weighted by atomic mass is 16.5. The summed E-state index contributed by atoms with van der Waals surface area (Å²) in [6, 6.07) is 5.45. The zero-order valence-corrected chi connectivity index (χ0v) is 12.7. The molecule has 4 nitrogen and oxygen atoms in total. The fourth-order valence-corrected chi connectivity index (χ4v) is 3.09. The van der Waals surface area contributed by atoms with Gasteiger partial charge in [-0.2, -0.15) is 4.98 Å². The van der Waals surface area contributed by atoms with Gasteiger partial charge in [0, 0.05) is 11.5 Å². The first-order valence-electron chi connectivity index (χ1n) is 7.81. The molecule has 0 atom stereocenters. The maximum Gasteiger partial charge on any atom is 0.258 e. The van der Waals surface area contributed by atoms with Crippen molar-refractivity contribution >= 4 is 0 Å². The van der Waals surface area contributed by atoms with Gasteiger partial charge in [0.25, 0.3) is 5.89 Å². The summed E-state index contributed by atoms with van der Waals surface area (Å²) in [5.41, 5.74) is 1.62. The molecule has 0 bridgehead atoms. The minimum atomic E-state index is 0.260. The van der Waals surface area contributed by atoms with Crippen molar-refractivity contribution in [3.63, 3.8) is 0 Å². The summed E-state index contributed by atoms with van der Waals surface area (Å²) in [7, 11) is 0. The van der Waals surface area contributed by atoms with E-state index in [2.05, 4.69) is 17.1 Å². The number of phenolic OH excluding ortho intramolecular Hbond substituents is 1. The lowest BCUT2D eigenvalue weighted by Gasteiger charge is -2.25. The molecule has 1 heterocycles. The monoisotopic (exact) mass is 286 g/mol. The zero-order chi connectivity index (χ0) is 14.8. The summed E-state index contributed by atoms with van der Waals surface area (Å²) < 4.78 is 5.38. The van der Waals surface area contributed by atoms with Crippen LogP contribution in [0.5, 0.6) is 5.75 Å². The van der Waals surface area contributed by atoms with Crippen molar-refractivity contribution in [3.05, 3.63) is 29.6 Å². The highest BCUT2D eigenvalue weighted by Gasteiger charge is 2.25. The van der Waals surface area contributed by atoms with Crippen LogP contribution in [0.15, 0.2) is 22.7 Å². The summed E-state index contributed by atoms with van der Waals surface area (Å²) in [6.07, 6.45) is 6.09. The Bertz CT molecular complexity index is 613. The van der Waals surface area contributed by atoms with E-state index < -0.39 is 0 Å². The van der Waals surface area contributed by atoms with Crippen LogP contribution in [-0.2, 0) is 0 Å². The molecule has 1 fully saturated rings. The lowest BCUT2D eigenvalue weighted by molar-refractivity contribution is 0.305. The first-order chi connectivity index (χ1) is 10.2. The number of hydrogen-bond donors (Lipinski definition) is 1. The van der Waals surface area contributed by atoms with Crippen molar-refractivity contribution in [1.82, 2.24) is 10.1 Å². The first kappa shape index (κ1) is 14.1. The Morgan fingerprint density at radius 1 is 1.24 bits per heavy atom. The smallest absolute Gasteiger partial charge is 0.258 e. The summed E-state index contributed by atoms with van der Waals surface area (Å²) in [5.74, 6) is 2.86. The molecule has 1 aromatic heterocycles. The molecule has 4 heteroatoms. The van der Waals surface area contributed by atoms with Crippen LogP contribution in [0.3, 0.4) is 0 Å². The van der Waals surface area contributed by atoms with Crippen molar-refractivity contribution in [2.75, 3.05) is 0 Å². The van der Waals surface area contributed by atoms with Crippen molar-refractivity contribution < 1.29 is 9.63 Å². The summed E-state index contributed by atoms with van der Waals surface area (Å²) in [6.45, 7) is 4.13. The third kappa shape index (κ3) is 2.94. The van der Waals surface area contributed by atoms with Crippen LogP contribution >= 0.6 is 0 Å². The minimum absolute atomic E-state index is 0.260. The van der Waals surface area contributed by atoms with Gasteiger partial charge < -0.3 is 9.63 Å². The van der Waals surface area contributed by atoms with Crippen LogP contribution in [0.1, 0.15) is 56.3 Å². The van der Waals surface area contributed by atoms with Crippen molar-refractivity contribution in [2.45, 2.75) is 51.9 Å². The van der Waals surface area contributed by atoms with Gasteiger partial charge in [0.15, 0.2) is 5.82 Å². The van der Waals surface area contributed by atoms with E-state index in [4.69, 9.17) is 4.52 Å². The second kappa shape index (κ2) is 5.88. The topological polar surface area (TPSA) is 59.2 Å². The molecule has 1 saturated carbocycles. The fraction of sp³-hybridized carbons (Fsp3) is 0.529. The molecule has 1 aliphatic carbocycles. The van der Waals surface area contributed by atoms with Crippen LogP contribution in [0.4, 0.5) is 0 Å². The molecule has 0 amide bonds. The molecule has 0 spiro atoms. The number of nitrogens with zero attached hydrogens (tertiary/aromatic N) is 2. The molecule has 21 heavy (non-hydrogen) atoms. The first-order valence-corrected chi connectivity index (χ1v) is 7.81. The van der Waals surface area contributed by atoms with E-state index in [0.717, 1.165) is 35.7 Å². The van der Waals surface area contributed by atoms with E-state index in [9.17, 15) is 5.11 Å². The van der Waals surface area contributed by atoms with Crippen LogP contribution < -0.4 is 0 Å². The number of aromatic hydroxyl groups is 1. The molecule has 112 valence electrons. The van der Waals surface area contributed by atoms with E-state index >= 15 is 0 Å². The SMILES string of the molecule is CCC1CCC(c2noc(-c3ccc(C)c(O)c3)n2)CC1. The van der Waals surface area contributed by atoms with Gasteiger partial charge in [0.1, 0.15) is 5.75 Å². The number of phenols is 1. The number of rotatable bonds is 3. The second-order valence-electron chi connectivity index (χ2n) is 6.08. The Morgan fingerprint density at radius 3 is 2.67 bits per heavy atom. The molecule has 2 aromatic rings. The van der Waals surface area contributed by atoms with E-state index in [-0.39, 0.29) is 5.75 Å². The molecule has 3 rings (SSSR count). The molecule has 1 N–H and O–H groups in total. The average molecular weight is 286 g/mol.